The Morgan fingerprint density at radius 2 is 2.12 bits per heavy atom. The average molecular weight is 238 g/mol. The van der Waals surface area contributed by atoms with E-state index >= 15 is 0 Å². The summed E-state index contributed by atoms with van der Waals surface area (Å²) in [6, 6.07) is 9.64. The van der Waals surface area contributed by atoms with E-state index in [-0.39, 0.29) is 11.2 Å². The molecule has 1 amide bonds. The van der Waals surface area contributed by atoms with Crippen LogP contribution in [-0.4, -0.2) is 24.4 Å². The first-order valence-corrected chi connectivity index (χ1v) is 6.04. The summed E-state index contributed by atoms with van der Waals surface area (Å²) in [7, 11) is 0. The molecular weight excluding hydrogens is 224 g/mol. The molecule has 1 aromatic rings. The molecule has 0 aliphatic carbocycles. The van der Waals surface area contributed by atoms with E-state index in [2.05, 4.69) is 5.43 Å². The molecule has 1 aliphatic heterocycles. The van der Waals surface area contributed by atoms with Crippen LogP contribution in [0.15, 0.2) is 30.3 Å². The van der Waals surface area contributed by atoms with Crippen molar-refractivity contribution in [3.8, 4) is 0 Å². The number of amides is 1. The Bertz CT molecular complexity index is 354. The molecule has 86 valence electrons. The Hall–Kier alpha value is -1.04. The van der Waals surface area contributed by atoms with E-state index in [0.29, 0.717) is 18.5 Å². The van der Waals surface area contributed by atoms with Crippen LogP contribution in [0.2, 0.25) is 0 Å². The van der Waals surface area contributed by atoms with Gasteiger partial charge in [0.15, 0.2) is 0 Å². The number of rotatable bonds is 4. The first-order chi connectivity index (χ1) is 7.81. The lowest BCUT2D eigenvalue weighted by atomic mass is 10.1. The van der Waals surface area contributed by atoms with Crippen molar-refractivity contribution in [3.05, 3.63) is 35.9 Å². The van der Waals surface area contributed by atoms with Gasteiger partial charge in [-0.1, -0.05) is 30.3 Å². The number of carbonyl (C=O) groups is 1. The molecule has 1 atom stereocenters. The Morgan fingerprint density at radius 1 is 1.44 bits per heavy atom. The van der Waals surface area contributed by atoms with Crippen LogP contribution in [0.1, 0.15) is 10.8 Å². The second-order valence-electron chi connectivity index (χ2n) is 3.59. The molecule has 0 radical (unpaired) electrons. The van der Waals surface area contributed by atoms with E-state index in [1.165, 1.54) is 0 Å². The number of thioether (sulfide) groups is 1. The van der Waals surface area contributed by atoms with E-state index in [0.717, 1.165) is 5.56 Å². The number of nitrogens with two attached hydrogens (primary N) is 1. The Morgan fingerprint density at radius 3 is 2.62 bits per heavy atom. The minimum absolute atomic E-state index is 0.164. The number of benzene rings is 1. The molecule has 0 bridgehead atoms. The van der Waals surface area contributed by atoms with Gasteiger partial charge < -0.3 is 4.74 Å². The molecule has 3 N–H and O–H groups in total. The van der Waals surface area contributed by atoms with E-state index in [4.69, 9.17) is 10.6 Å². The summed E-state index contributed by atoms with van der Waals surface area (Å²) < 4.78 is 5.10. The Labute approximate surface area is 98.5 Å². The van der Waals surface area contributed by atoms with Crippen LogP contribution in [0.25, 0.3) is 0 Å². The molecule has 1 aromatic carbocycles. The van der Waals surface area contributed by atoms with E-state index < -0.39 is 0 Å². The molecule has 5 heteroatoms. The van der Waals surface area contributed by atoms with Crippen LogP contribution in [0.4, 0.5) is 0 Å². The van der Waals surface area contributed by atoms with Crippen molar-refractivity contribution >= 4 is 17.7 Å². The highest BCUT2D eigenvalue weighted by molar-refractivity contribution is 8.00. The number of hydrogen-bond donors (Lipinski definition) is 2. The van der Waals surface area contributed by atoms with Crippen molar-refractivity contribution in [2.24, 2.45) is 5.84 Å². The van der Waals surface area contributed by atoms with Crippen LogP contribution >= 0.6 is 11.8 Å². The first kappa shape index (κ1) is 11.4. The normalized spacial score (nSPS) is 17.6. The van der Waals surface area contributed by atoms with Gasteiger partial charge in [-0.25, -0.2) is 5.84 Å². The average Bonchev–Trinajstić information content (AvgIpc) is 2.28. The van der Waals surface area contributed by atoms with Crippen molar-refractivity contribution in [2.45, 2.75) is 10.5 Å². The zero-order chi connectivity index (χ0) is 11.4. The third-order valence-corrected chi connectivity index (χ3v) is 3.83. The van der Waals surface area contributed by atoms with Crippen LogP contribution in [0, 0.1) is 0 Å². The number of carbonyl (C=O) groups excluding carboxylic acids is 1. The minimum Gasteiger partial charge on any atom is -0.379 e. The molecule has 1 unspecified atom stereocenters. The van der Waals surface area contributed by atoms with Crippen LogP contribution in [0.3, 0.4) is 0 Å². The number of ether oxygens (including phenoxy) is 1. The maximum absolute atomic E-state index is 11.7. The van der Waals surface area contributed by atoms with Crippen LogP contribution < -0.4 is 11.3 Å². The zero-order valence-corrected chi connectivity index (χ0v) is 9.57. The molecule has 0 spiro atoms. The van der Waals surface area contributed by atoms with E-state index in [1.807, 2.05) is 30.3 Å². The van der Waals surface area contributed by atoms with Crippen LogP contribution in [-0.2, 0) is 9.53 Å². The van der Waals surface area contributed by atoms with Gasteiger partial charge in [0.1, 0.15) is 5.25 Å². The highest BCUT2D eigenvalue weighted by atomic mass is 32.2. The molecule has 0 aromatic heterocycles. The second kappa shape index (κ2) is 5.34. The molecule has 1 fully saturated rings. The topological polar surface area (TPSA) is 64.3 Å². The SMILES string of the molecule is NNC(=O)C(SC1COC1)c1ccccc1. The van der Waals surface area contributed by atoms with Gasteiger partial charge in [-0.3, -0.25) is 10.2 Å². The summed E-state index contributed by atoms with van der Waals surface area (Å²) in [6.07, 6.45) is 0. The first-order valence-electron chi connectivity index (χ1n) is 5.10. The van der Waals surface area contributed by atoms with Gasteiger partial charge in [-0.05, 0) is 5.56 Å². The maximum atomic E-state index is 11.7. The summed E-state index contributed by atoms with van der Waals surface area (Å²) in [5, 5.41) is 0.141. The van der Waals surface area contributed by atoms with Crippen molar-refractivity contribution < 1.29 is 9.53 Å². The predicted octanol–water partition coefficient (Wildman–Crippen LogP) is 0.850. The number of hydrogen-bond acceptors (Lipinski definition) is 4. The Balaban J connectivity index is 2.10. The highest BCUT2D eigenvalue weighted by Crippen LogP contribution is 2.35. The van der Waals surface area contributed by atoms with Crippen molar-refractivity contribution in [2.75, 3.05) is 13.2 Å². The summed E-state index contributed by atoms with van der Waals surface area (Å²) in [5.74, 6) is 5.04. The molecule has 1 aliphatic rings. The lowest BCUT2D eigenvalue weighted by Gasteiger charge is -2.28. The van der Waals surface area contributed by atoms with Crippen LogP contribution in [0.5, 0.6) is 0 Å². The predicted molar refractivity (Wildman–Crippen MR) is 63.7 cm³/mol. The smallest absolute Gasteiger partial charge is 0.251 e. The quantitative estimate of drug-likeness (QED) is 0.464. The molecule has 4 nitrogen and oxygen atoms in total. The standard InChI is InChI=1S/C11H14N2O2S/c12-13-11(14)10(16-9-6-15-7-9)8-4-2-1-3-5-8/h1-5,9-10H,6-7,12H2,(H,13,14). The largest absolute Gasteiger partial charge is 0.379 e. The molecule has 0 saturated carbocycles. The third-order valence-electron chi connectivity index (χ3n) is 2.42. The third kappa shape index (κ3) is 2.55. The number of nitrogens with one attached hydrogen (secondary N) is 1. The zero-order valence-electron chi connectivity index (χ0n) is 8.76. The van der Waals surface area contributed by atoms with E-state index in [9.17, 15) is 4.79 Å². The van der Waals surface area contributed by atoms with Crippen molar-refractivity contribution in [1.82, 2.24) is 5.43 Å². The molecular formula is C11H14N2O2S. The monoisotopic (exact) mass is 238 g/mol. The number of hydrazine groups is 1. The highest BCUT2D eigenvalue weighted by Gasteiger charge is 2.28. The lowest BCUT2D eigenvalue weighted by molar-refractivity contribution is -0.120. The fourth-order valence-electron chi connectivity index (χ4n) is 1.48. The van der Waals surface area contributed by atoms with E-state index in [1.54, 1.807) is 11.8 Å². The maximum Gasteiger partial charge on any atom is 0.251 e. The summed E-state index contributed by atoms with van der Waals surface area (Å²) in [5.41, 5.74) is 3.19. The molecule has 1 saturated heterocycles. The molecule has 16 heavy (non-hydrogen) atoms. The van der Waals surface area contributed by atoms with Gasteiger partial charge >= 0.3 is 0 Å². The van der Waals surface area contributed by atoms with Gasteiger partial charge in [0.2, 0.25) is 0 Å². The molecule has 1 heterocycles. The van der Waals surface area contributed by atoms with Gasteiger partial charge in [0.25, 0.3) is 5.91 Å². The van der Waals surface area contributed by atoms with Gasteiger partial charge in [-0.15, -0.1) is 11.8 Å². The minimum atomic E-state index is -0.250. The Kier molecular flexibility index (Phi) is 3.82. The summed E-state index contributed by atoms with van der Waals surface area (Å²) in [6.45, 7) is 1.43. The molecule has 2 rings (SSSR count). The summed E-state index contributed by atoms with van der Waals surface area (Å²) >= 11 is 1.60. The van der Waals surface area contributed by atoms with Gasteiger partial charge in [-0.2, -0.15) is 0 Å². The van der Waals surface area contributed by atoms with Crippen molar-refractivity contribution in [3.63, 3.8) is 0 Å². The van der Waals surface area contributed by atoms with Crippen molar-refractivity contribution in [1.29, 1.82) is 0 Å². The second-order valence-corrected chi connectivity index (χ2v) is 5.01. The van der Waals surface area contributed by atoms with Gasteiger partial charge in [0, 0.05) is 0 Å². The summed E-state index contributed by atoms with van der Waals surface area (Å²) in [4.78, 5) is 11.7. The lowest BCUT2D eigenvalue weighted by Crippen LogP contribution is -2.37. The fourth-order valence-corrected chi connectivity index (χ4v) is 2.72. The van der Waals surface area contributed by atoms with Gasteiger partial charge in [0.05, 0.1) is 18.5 Å². The fraction of sp³-hybridized carbons (Fsp3) is 0.364.